The first-order chi connectivity index (χ1) is 14.6. The van der Waals surface area contributed by atoms with Crippen molar-refractivity contribution in [2.75, 3.05) is 7.11 Å². The Morgan fingerprint density at radius 2 is 1.63 bits per heavy atom. The van der Waals surface area contributed by atoms with Crippen molar-refractivity contribution in [3.63, 3.8) is 0 Å². The van der Waals surface area contributed by atoms with Crippen molar-refractivity contribution in [3.05, 3.63) is 70.8 Å². The summed E-state index contributed by atoms with van der Waals surface area (Å²) in [7, 11) is 1.42. The zero-order chi connectivity index (χ0) is 20.9. The minimum Gasteiger partial charge on any atom is -0.469 e. The predicted octanol–water partition coefficient (Wildman–Crippen LogP) is 4.95. The van der Waals surface area contributed by atoms with Crippen LogP contribution >= 0.6 is 0 Å². The van der Waals surface area contributed by atoms with Crippen LogP contribution in [0.3, 0.4) is 0 Å². The molecule has 1 spiro atoms. The molecule has 2 aromatic carbocycles. The lowest BCUT2D eigenvalue weighted by Crippen LogP contribution is -2.51. The van der Waals surface area contributed by atoms with Gasteiger partial charge in [-0.15, -0.1) is 0 Å². The molecule has 1 aliphatic heterocycles. The molecule has 0 saturated carbocycles. The summed E-state index contributed by atoms with van der Waals surface area (Å²) in [6.45, 7) is 2.15. The van der Waals surface area contributed by atoms with Gasteiger partial charge >= 0.3 is 11.9 Å². The van der Waals surface area contributed by atoms with Crippen molar-refractivity contribution in [1.29, 1.82) is 0 Å². The van der Waals surface area contributed by atoms with E-state index in [-0.39, 0.29) is 23.8 Å². The lowest BCUT2D eigenvalue weighted by atomic mass is 9.48. The van der Waals surface area contributed by atoms with Crippen molar-refractivity contribution in [2.45, 2.75) is 57.0 Å². The fraction of sp³-hybridized carbons (Fsp3) is 0.462. The summed E-state index contributed by atoms with van der Waals surface area (Å²) in [5.41, 5.74) is 3.98. The number of carbonyl (C=O) groups is 2. The molecule has 1 saturated heterocycles. The Balaban J connectivity index is 1.68. The van der Waals surface area contributed by atoms with Crippen LogP contribution in [0.25, 0.3) is 0 Å². The summed E-state index contributed by atoms with van der Waals surface area (Å²) in [6.07, 6.45) is 4.00. The van der Waals surface area contributed by atoms with Crippen LogP contribution in [-0.2, 0) is 19.1 Å². The van der Waals surface area contributed by atoms with E-state index in [1.54, 1.807) is 0 Å². The number of esters is 2. The lowest BCUT2D eigenvalue weighted by Gasteiger charge is -2.51. The molecule has 6 rings (SSSR count). The van der Waals surface area contributed by atoms with Gasteiger partial charge in [-0.3, -0.25) is 9.59 Å². The Morgan fingerprint density at radius 1 is 1.03 bits per heavy atom. The molecule has 1 heterocycles. The van der Waals surface area contributed by atoms with Crippen LogP contribution in [0.2, 0.25) is 0 Å². The Bertz CT molecular complexity index is 949. The van der Waals surface area contributed by atoms with Crippen LogP contribution < -0.4 is 0 Å². The Hall–Kier alpha value is -2.62. The van der Waals surface area contributed by atoms with Crippen LogP contribution in [0.4, 0.5) is 0 Å². The second-order valence-corrected chi connectivity index (χ2v) is 8.93. The maximum Gasteiger partial charge on any atom is 0.314 e. The van der Waals surface area contributed by atoms with Gasteiger partial charge in [0, 0.05) is 11.8 Å². The maximum absolute atomic E-state index is 13.6. The first-order valence-electron chi connectivity index (χ1n) is 11.1. The van der Waals surface area contributed by atoms with E-state index in [4.69, 9.17) is 9.47 Å². The number of hydrogen-bond donors (Lipinski definition) is 0. The monoisotopic (exact) mass is 404 g/mol. The van der Waals surface area contributed by atoms with Crippen LogP contribution in [-0.4, -0.2) is 25.2 Å². The van der Waals surface area contributed by atoms with Crippen LogP contribution in [0.15, 0.2) is 48.5 Å². The Kier molecular flexibility index (Phi) is 4.68. The number of carbonyl (C=O) groups excluding carboxylic acids is 2. The van der Waals surface area contributed by atoms with Gasteiger partial charge in [-0.25, -0.2) is 0 Å². The summed E-state index contributed by atoms with van der Waals surface area (Å²) in [4.78, 5) is 26.7. The minimum absolute atomic E-state index is 0.0940. The highest BCUT2D eigenvalue weighted by Gasteiger charge is 2.69. The zero-order valence-corrected chi connectivity index (χ0v) is 17.6. The molecule has 3 aliphatic carbocycles. The number of ether oxygens (including phenoxy) is 2. The van der Waals surface area contributed by atoms with E-state index >= 15 is 0 Å². The van der Waals surface area contributed by atoms with Gasteiger partial charge in [0.1, 0.15) is 12.0 Å². The molecule has 1 fully saturated rings. The number of benzene rings is 2. The third-order valence-corrected chi connectivity index (χ3v) is 7.53. The topological polar surface area (TPSA) is 52.6 Å². The minimum atomic E-state index is -0.892. The molecule has 0 radical (unpaired) electrons. The second-order valence-electron chi connectivity index (χ2n) is 8.93. The average molecular weight is 405 g/mol. The van der Waals surface area contributed by atoms with Crippen molar-refractivity contribution in [3.8, 4) is 0 Å². The van der Waals surface area contributed by atoms with Crippen molar-refractivity contribution < 1.29 is 19.1 Å². The predicted molar refractivity (Wildman–Crippen MR) is 113 cm³/mol. The summed E-state index contributed by atoms with van der Waals surface area (Å²) in [6, 6.07) is 16.8. The smallest absolute Gasteiger partial charge is 0.314 e. The first kappa shape index (κ1) is 19.3. The van der Waals surface area contributed by atoms with Crippen LogP contribution in [0, 0.1) is 11.3 Å². The van der Waals surface area contributed by atoms with E-state index in [9.17, 15) is 9.59 Å². The molecule has 0 N–H and O–H groups in total. The summed E-state index contributed by atoms with van der Waals surface area (Å²) >= 11 is 0. The average Bonchev–Trinajstić information content (AvgIpc) is 3.04. The number of methoxy groups -OCH3 is 1. The maximum atomic E-state index is 13.6. The zero-order valence-electron chi connectivity index (χ0n) is 17.6. The first-order valence-corrected chi connectivity index (χ1v) is 11.1. The van der Waals surface area contributed by atoms with E-state index in [0.29, 0.717) is 12.8 Å². The quantitative estimate of drug-likeness (QED) is 0.523. The number of rotatable bonds is 5. The van der Waals surface area contributed by atoms with Crippen molar-refractivity contribution in [1.82, 2.24) is 0 Å². The summed E-state index contributed by atoms with van der Waals surface area (Å²) in [5, 5.41) is 0. The SMILES string of the molecule is CCCCC[C@@H]1OC(=O)[C@@]2(CC3c4ccccc4C2c2ccccc23)[C@H]1C(=O)OC. The standard InChI is InChI=1S/C26H28O4/c1-3-4-5-14-21-23(24(27)29-2)26(25(28)30-21)15-20-16-10-6-8-12-18(16)22(26)19-13-9-7-11-17(19)20/h6-13,20-23H,3-5,14-15H2,1-2H3/t20?,21-,22?,23+,26+/m0/s1. The largest absolute Gasteiger partial charge is 0.469 e. The molecule has 0 aromatic heterocycles. The molecule has 0 unspecified atom stereocenters. The van der Waals surface area contributed by atoms with Crippen molar-refractivity contribution in [2.24, 2.45) is 11.3 Å². The van der Waals surface area contributed by atoms with Gasteiger partial charge in [-0.05, 0) is 41.5 Å². The van der Waals surface area contributed by atoms with Gasteiger partial charge in [0.25, 0.3) is 0 Å². The molecule has 156 valence electrons. The Morgan fingerprint density at radius 3 is 2.20 bits per heavy atom. The van der Waals surface area contributed by atoms with Crippen LogP contribution in [0.5, 0.6) is 0 Å². The van der Waals surface area contributed by atoms with Gasteiger partial charge in [-0.1, -0.05) is 68.3 Å². The second kappa shape index (κ2) is 7.26. The van der Waals surface area contributed by atoms with Crippen LogP contribution in [0.1, 0.15) is 73.1 Å². The van der Waals surface area contributed by atoms with Gasteiger partial charge < -0.3 is 9.47 Å². The molecule has 2 bridgehead atoms. The van der Waals surface area contributed by atoms with Gasteiger partial charge in [0.05, 0.1) is 12.5 Å². The third kappa shape index (κ3) is 2.52. The molecule has 4 aliphatic rings. The molecule has 3 atom stereocenters. The molecule has 4 heteroatoms. The number of unbranched alkanes of at least 4 members (excludes halogenated alkanes) is 2. The fourth-order valence-electron chi connectivity index (χ4n) is 6.34. The van der Waals surface area contributed by atoms with Gasteiger partial charge in [0.15, 0.2) is 0 Å². The van der Waals surface area contributed by atoms with E-state index < -0.39 is 17.4 Å². The van der Waals surface area contributed by atoms with E-state index in [2.05, 4.69) is 43.3 Å². The molecule has 2 aromatic rings. The number of hydrogen-bond acceptors (Lipinski definition) is 4. The molecular formula is C26H28O4. The molecule has 4 nitrogen and oxygen atoms in total. The lowest BCUT2D eigenvalue weighted by molar-refractivity contribution is -0.155. The Labute approximate surface area is 177 Å². The highest BCUT2D eigenvalue weighted by atomic mass is 16.6. The third-order valence-electron chi connectivity index (χ3n) is 7.53. The van der Waals surface area contributed by atoms with E-state index in [1.807, 2.05) is 12.1 Å². The summed E-state index contributed by atoms with van der Waals surface area (Å²) < 4.78 is 11.2. The van der Waals surface area contributed by atoms with E-state index in [0.717, 1.165) is 30.4 Å². The highest BCUT2D eigenvalue weighted by Crippen LogP contribution is 2.66. The molecular weight excluding hydrogens is 376 g/mol. The molecule has 0 amide bonds. The summed E-state index contributed by atoms with van der Waals surface area (Å²) in [5.74, 6) is -1.19. The van der Waals surface area contributed by atoms with Gasteiger partial charge in [0.2, 0.25) is 0 Å². The van der Waals surface area contributed by atoms with E-state index in [1.165, 1.54) is 18.2 Å². The highest BCUT2D eigenvalue weighted by molar-refractivity contribution is 5.92. The van der Waals surface area contributed by atoms with Gasteiger partial charge in [-0.2, -0.15) is 0 Å². The molecule has 30 heavy (non-hydrogen) atoms. The number of cyclic esters (lactones) is 1. The fourth-order valence-corrected chi connectivity index (χ4v) is 6.34. The van der Waals surface area contributed by atoms with Crippen molar-refractivity contribution >= 4 is 11.9 Å². The normalized spacial score (nSPS) is 30.7.